The van der Waals surface area contributed by atoms with Crippen LogP contribution in [0.4, 0.5) is 11.7 Å². The molecule has 0 aliphatic carbocycles. The van der Waals surface area contributed by atoms with Gasteiger partial charge in [0, 0.05) is 12.6 Å². The van der Waals surface area contributed by atoms with Crippen molar-refractivity contribution in [2.24, 2.45) is 0 Å². The Bertz CT molecular complexity index is 561. The highest BCUT2D eigenvalue weighted by atomic mass is 16.5. The maximum atomic E-state index is 11.9. The summed E-state index contributed by atoms with van der Waals surface area (Å²) in [6.45, 7) is 3.62. The molecule has 2 aromatic heterocycles. The summed E-state index contributed by atoms with van der Waals surface area (Å²) in [4.78, 5) is 19.8. The third kappa shape index (κ3) is 2.29. The second-order valence-corrected chi connectivity index (χ2v) is 3.71. The molecule has 0 aliphatic heterocycles. The number of anilines is 2. The maximum Gasteiger partial charge on any atom is 0.278 e. The van der Waals surface area contributed by atoms with Gasteiger partial charge >= 0.3 is 0 Å². The molecule has 0 fully saturated rings. The van der Waals surface area contributed by atoms with Crippen LogP contribution in [0.1, 0.15) is 21.7 Å². The molecule has 0 saturated carbocycles. The lowest BCUT2D eigenvalue weighted by Crippen LogP contribution is -2.14. The molecule has 0 saturated heterocycles. The fourth-order valence-electron chi connectivity index (χ4n) is 1.27. The average molecular weight is 247 g/mol. The highest BCUT2D eigenvalue weighted by Crippen LogP contribution is 2.17. The van der Waals surface area contributed by atoms with Gasteiger partial charge in [0.15, 0.2) is 0 Å². The first kappa shape index (κ1) is 12.0. The fraction of sp³-hybridized carbons (Fsp3) is 0.273. The van der Waals surface area contributed by atoms with Crippen LogP contribution < -0.4 is 10.6 Å². The van der Waals surface area contributed by atoms with E-state index in [2.05, 4.69) is 25.8 Å². The maximum absolute atomic E-state index is 11.9. The largest absolute Gasteiger partial charge is 0.372 e. The van der Waals surface area contributed by atoms with Crippen molar-refractivity contribution >= 4 is 17.6 Å². The van der Waals surface area contributed by atoms with Crippen LogP contribution in [-0.4, -0.2) is 28.1 Å². The van der Waals surface area contributed by atoms with Crippen LogP contribution in [0, 0.1) is 13.8 Å². The zero-order valence-electron chi connectivity index (χ0n) is 10.3. The molecule has 1 amide bonds. The van der Waals surface area contributed by atoms with Gasteiger partial charge in [-0.25, -0.2) is 9.97 Å². The minimum atomic E-state index is -0.385. The first-order valence-electron chi connectivity index (χ1n) is 5.36. The number of rotatable bonds is 3. The van der Waals surface area contributed by atoms with Crippen molar-refractivity contribution < 1.29 is 9.32 Å². The van der Waals surface area contributed by atoms with Gasteiger partial charge in [0.1, 0.15) is 11.5 Å². The number of aryl methyl sites for hydroxylation is 1. The lowest BCUT2D eigenvalue weighted by Gasteiger charge is -2.02. The molecule has 18 heavy (non-hydrogen) atoms. The number of hydrogen-bond acceptors (Lipinski definition) is 6. The molecule has 0 bridgehead atoms. The number of carbonyl (C=O) groups excluding carboxylic acids is 1. The fourth-order valence-corrected chi connectivity index (χ4v) is 1.27. The van der Waals surface area contributed by atoms with Crippen LogP contribution in [0.2, 0.25) is 0 Å². The van der Waals surface area contributed by atoms with Crippen molar-refractivity contribution in [2.45, 2.75) is 13.8 Å². The summed E-state index contributed by atoms with van der Waals surface area (Å²) in [7, 11) is 1.73. The first-order chi connectivity index (χ1) is 8.61. The summed E-state index contributed by atoms with van der Waals surface area (Å²) in [6.07, 6.45) is 2.87. The SMILES string of the molecule is CNc1cnc(C(=O)Nc2onc(C)c2C)cn1. The predicted molar refractivity (Wildman–Crippen MR) is 65.5 cm³/mol. The number of nitrogens with one attached hydrogen (secondary N) is 2. The molecule has 2 aromatic rings. The highest BCUT2D eigenvalue weighted by molar-refractivity contribution is 6.02. The molecule has 0 aliphatic rings. The molecule has 0 aromatic carbocycles. The van der Waals surface area contributed by atoms with Gasteiger partial charge in [0.2, 0.25) is 5.88 Å². The summed E-state index contributed by atoms with van der Waals surface area (Å²) in [5.41, 5.74) is 1.74. The zero-order chi connectivity index (χ0) is 13.1. The average Bonchev–Trinajstić information content (AvgIpc) is 2.71. The standard InChI is InChI=1S/C11H13N5O2/c1-6-7(2)16-18-11(6)15-10(17)8-4-14-9(12-3)5-13-8/h4-5H,1-3H3,(H,12,14)(H,15,17). The Labute approximate surface area is 104 Å². The summed E-state index contributed by atoms with van der Waals surface area (Å²) < 4.78 is 4.99. The van der Waals surface area contributed by atoms with Gasteiger partial charge in [-0.15, -0.1) is 0 Å². The topological polar surface area (TPSA) is 92.9 Å². The van der Waals surface area contributed by atoms with E-state index in [0.29, 0.717) is 11.7 Å². The van der Waals surface area contributed by atoms with Gasteiger partial charge in [0.25, 0.3) is 5.91 Å². The third-order valence-electron chi connectivity index (χ3n) is 2.52. The van der Waals surface area contributed by atoms with Crippen molar-refractivity contribution in [3.63, 3.8) is 0 Å². The predicted octanol–water partition coefficient (Wildman–Crippen LogP) is 1.38. The number of hydrogen-bond donors (Lipinski definition) is 2. The van der Waals surface area contributed by atoms with Gasteiger partial charge in [-0.3, -0.25) is 10.1 Å². The normalized spacial score (nSPS) is 10.2. The first-order valence-corrected chi connectivity index (χ1v) is 5.36. The second kappa shape index (κ2) is 4.82. The molecule has 0 atom stereocenters. The lowest BCUT2D eigenvalue weighted by molar-refractivity contribution is 0.101. The van der Waals surface area contributed by atoms with E-state index in [0.717, 1.165) is 11.3 Å². The molecular weight excluding hydrogens is 234 g/mol. The van der Waals surface area contributed by atoms with E-state index >= 15 is 0 Å². The Morgan fingerprint density at radius 3 is 2.56 bits per heavy atom. The number of aromatic nitrogens is 3. The minimum absolute atomic E-state index is 0.211. The Morgan fingerprint density at radius 1 is 1.28 bits per heavy atom. The third-order valence-corrected chi connectivity index (χ3v) is 2.52. The molecule has 94 valence electrons. The van der Waals surface area contributed by atoms with E-state index in [1.54, 1.807) is 14.0 Å². The smallest absolute Gasteiger partial charge is 0.278 e. The van der Waals surface area contributed by atoms with Gasteiger partial charge < -0.3 is 9.84 Å². The Kier molecular flexibility index (Phi) is 3.22. The molecule has 0 radical (unpaired) electrons. The summed E-state index contributed by atoms with van der Waals surface area (Å²) in [6, 6.07) is 0. The van der Waals surface area contributed by atoms with Crippen LogP contribution in [0.25, 0.3) is 0 Å². The summed E-state index contributed by atoms with van der Waals surface area (Å²) in [5, 5.41) is 9.17. The Balaban J connectivity index is 2.14. The van der Waals surface area contributed by atoms with Crippen LogP contribution in [0.15, 0.2) is 16.9 Å². The van der Waals surface area contributed by atoms with E-state index in [-0.39, 0.29) is 11.6 Å². The van der Waals surface area contributed by atoms with Crippen LogP contribution >= 0.6 is 0 Å². The van der Waals surface area contributed by atoms with E-state index in [1.807, 2.05) is 6.92 Å². The van der Waals surface area contributed by atoms with Gasteiger partial charge in [-0.1, -0.05) is 5.16 Å². The number of carbonyl (C=O) groups is 1. The molecule has 7 heteroatoms. The molecule has 2 rings (SSSR count). The van der Waals surface area contributed by atoms with Gasteiger partial charge in [0.05, 0.1) is 18.1 Å². The summed E-state index contributed by atoms with van der Waals surface area (Å²) >= 11 is 0. The Hall–Kier alpha value is -2.44. The highest BCUT2D eigenvalue weighted by Gasteiger charge is 2.14. The quantitative estimate of drug-likeness (QED) is 0.851. The van der Waals surface area contributed by atoms with E-state index in [1.165, 1.54) is 12.4 Å². The van der Waals surface area contributed by atoms with Crippen LogP contribution in [0.3, 0.4) is 0 Å². The molecule has 2 N–H and O–H groups in total. The molecule has 2 heterocycles. The molecule has 0 spiro atoms. The van der Waals surface area contributed by atoms with Crippen molar-refractivity contribution in [1.29, 1.82) is 0 Å². The van der Waals surface area contributed by atoms with Crippen LogP contribution in [0.5, 0.6) is 0 Å². The van der Waals surface area contributed by atoms with E-state index in [4.69, 9.17) is 4.52 Å². The number of amides is 1. The van der Waals surface area contributed by atoms with Crippen molar-refractivity contribution in [3.05, 3.63) is 29.3 Å². The number of nitrogens with zero attached hydrogens (tertiary/aromatic N) is 3. The minimum Gasteiger partial charge on any atom is -0.372 e. The summed E-state index contributed by atoms with van der Waals surface area (Å²) in [5.74, 6) is 0.541. The van der Waals surface area contributed by atoms with E-state index in [9.17, 15) is 4.79 Å². The zero-order valence-corrected chi connectivity index (χ0v) is 10.3. The molecule has 7 nitrogen and oxygen atoms in total. The van der Waals surface area contributed by atoms with Crippen molar-refractivity contribution in [1.82, 2.24) is 15.1 Å². The molecule has 0 unspecified atom stereocenters. The van der Waals surface area contributed by atoms with Gasteiger partial charge in [-0.2, -0.15) is 0 Å². The van der Waals surface area contributed by atoms with Crippen molar-refractivity contribution in [2.75, 3.05) is 17.7 Å². The monoisotopic (exact) mass is 247 g/mol. The second-order valence-electron chi connectivity index (χ2n) is 3.71. The van der Waals surface area contributed by atoms with Crippen molar-refractivity contribution in [3.8, 4) is 0 Å². The molecular formula is C11H13N5O2. The van der Waals surface area contributed by atoms with E-state index < -0.39 is 0 Å². The van der Waals surface area contributed by atoms with Crippen LogP contribution in [-0.2, 0) is 0 Å². The lowest BCUT2D eigenvalue weighted by atomic mass is 10.3. The Morgan fingerprint density at radius 2 is 2.06 bits per heavy atom. The van der Waals surface area contributed by atoms with Gasteiger partial charge in [-0.05, 0) is 13.8 Å².